The van der Waals surface area contributed by atoms with Gasteiger partial charge in [-0.25, -0.2) is 9.78 Å². The van der Waals surface area contributed by atoms with Crippen LogP contribution in [0, 0.1) is 0 Å². The van der Waals surface area contributed by atoms with Crippen molar-refractivity contribution in [3.05, 3.63) is 58.1 Å². The number of rotatable bonds is 3. The van der Waals surface area contributed by atoms with Crippen molar-refractivity contribution in [3.8, 4) is 11.1 Å². The Balaban J connectivity index is 2.13. The molecule has 1 aliphatic rings. The van der Waals surface area contributed by atoms with Crippen LogP contribution < -0.4 is 4.90 Å². The third-order valence-electron chi connectivity index (χ3n) is 5.14. The molecule has 6 heteroatoms. The average Bonchev–Trinajstić information content (AvgIpc) is 2.73. The summed E-state index contributed by atoms with van der Waals surface area (Å²) in [6.07, 6.45) is 3.30. The standard InChI is InChI=1S/C22H20Cl2N2O2/c1-28-22(27)19-18(14-8-3-4-10-16(14)23)15-9-7-11-17(24)20(15)25-21(19)26-12-5-2-6-13-26/h3-4,7-11H,2,5-6,12-13H2,1H3. The van der Waals surface area contributed by atoms with E-state index in [9.17, 15) is 4.79 Å². The van der Waals surface area contributed by atoms with Gasteiger partial charge in [0, 0.05) is 34.6 Å². The zero-order valence-electron chi connectivity index (χ0n) is 15.5. The molecule has 0 unspecified atom stereocenters. The summed E-state index contributed by atoms with van der Waals surface area (Å²) in [6, 6.07) is 13.1. The second-order valence-electron chi connectivity index (χ2n) is 6.84. The third-order valence-corrected chi connectivity index (χ3v) is 5.77. The second-order valence-corrected chi connectivity index (χ2v) is 7.65. The molecule has 4 rings (SSSR count). The molecule has 2 heterocycles. The van der Waals surface area contributed by atoms with Crippen LogP contribution >= 0.6 is 23.2 Å². The normalized spacial score (nSPS) is 14.3. The number of anilines is 1. The monoisotopic (exact) mass is 414 g/mol. The molecule has 28 heavy (non-hydrogen) atoms. The van der Waals surface area contributed by atoms with E-state index in [4.69, 9.17) is 32.9 Å². The predicted octanol–water partition coefficient (Wildman–Crippen LogP) is 5.99. The smallest absolute Gasteiger partial charge is 0.342 e. The van der Waals surface area contributed by atoms with Crippen LogP contribution in [0.5, 0.6) is 0 Å². The van der Waals surface area contributed by atoms with Crippen molar-refractivity contribution in [1.82, 2.24) is 4.98 Å². The highest BCUT2D eigenvalue weighted by Gasteiger charge is 2.28. The molecular formula is C22H20Cl2N2O2. The van der Waals surface area contributed by atoms with Crippen molar-refractivity contribution in [1.29, 1.82) is 0 Å². The number of carbonyl (C=O) groups is 1. The highest BCUT2D eigenvalue weighted by atomic mass is 35.5. The summed E-state index contributed by atoms with van der Waals surface area (Å²) in [5, 5.41) is 1.88. The van der Waals surface area contributed by atoms with E-state index < -0.39 is 5.97 Å². The van der Waals surface area contributed by atoms with Crippen LogP contribution in [0.25, 0.3) is 22.0 Å². The van der Waals surface area contributed by atoms with Crippen molar-refractivity contribution in [3.63, 3.8) is 0 Å². The Labute approximate surface area is 174 Å². The zero-order chi connectivity index (χ0) is 19.7. The summed E-state index contributed by atoms with van der Waals surface area (Å²) in [6.45, 7) is 1.68. The average molecular weight is 415 g/mol. The van der Waals surface area contributed by atoms with Crippen molar-refractivity contribution < 1.29 is 9.53 Å². The fraction of sp³-hybridized carbons (Fsp3) is 0.273. The van der Waals surface area contributed by atoms with E-state index in [2.05, 4.69) is 4.90 Å². The van der Waals surface area contributed by atoms with Gasteiger partial charge in [-0.2, -0.15) is 0 Å². The number of nitrogens with zero attached hydrogens (tertiary/aromatic N) is 2. The SMILES string of the molecule is COC(=O)c1c(N2CCCCC2)nc2c(Cl)cccc2c1-c1ccccc1Cl. The fourth-order valence-electron chi connectivity index (χ4n) is 3.81. The van der Waals surface area contributed by atoms with Gasteiger partial charge in [0.25, 0.3) is 0 Å². The van der Waals surface area contributed by atoms with Gasteiger partial charge in [0.05, 0.1) is 17.6 Å². The minimum absolute atomic E-state index is 0.426. The molecule has 0 amide bonds. The van der Waals surface area contributed by atoms with Gasteiger partial charge in [-0.1, -0.05) is 53.5 Å². The van der Waals surface area contributed by atoms with E-state index in [1.54, 1.807) is 0 Å². The lowest BCUT2D eigenvalue weighted by atomic mass is 9.94. The minimum atomic E-state index is -0.426. The van der Waals surface area contributed by atoms with E-state index >= 15 is 0 Å². The molecule has 3 aromatic rings. The maximum absolute atomic E-state index is 12.9. The number of hydrogen-bond acceptors (Lipinski definition) is 4. The van der Waals surface area contributed by atoms with Crippen molar-refractivity contribution in [2.75, 3.05) is 25.1 Å². The first-order chi connectivity index (χ1) is 13.6. The summed E-state index contributed by atoms with van der Waals surface area (Å²) in [7, 11) is 1.39. The molecule has 144 valence electrons. The Morgan fingerprint density at radius 1 is 1.00 bits per heavy atom. The lowest BCUT2D eigenvalue weighted by molar-refractivity contribution is 0.0602. The molecule has 0 bridgehead atoms. The summed E-state index contributed by atoms with van der Waals surface area (Å²) in [4.78, 5) is 19.9. The van der Waals surface area contributed by atoms with Gasteiger partial charge >= 0.3 is 5.97 Å². The van der Waals surface area contributed by atoms with Gasteiger partial charge in [0.2, 0.25) is 0 Å². The van der Waals surface area contributed by atoms with E-state index in [-0.39, 0.29) is 0 Å². The molecule has 1 fully saturated rings. The van der Waals surface area contributed by atoms with Crippen LogP contribution in [0.2, 0.25) is 10.0 Å². The summed E-state index contributed by atoms with van der Waals surface area (Å²) in [5.74, 6) is 0.187. The molecule has 1 aromatic heterocycles. The van der Waals surface area contributed by atoms with Crippen LogP contribution in [-0.2, 0) is 4.74 Å². The van der Waals surface area contributed by atoms with Gasteiger partial charge < -0.3 is 9.64 Å². The fourth-order valence-corrected chi connectivity index (χ4v) is 4.26. The van der Waals surface area contributed by atoms with Crippen molar-refractivity contribution in [2.45, 2.75) is 19.3 Å². The van der Waals surface area contributed by atoms with Crippen molar-refractivity contribution >= 4 is 45.9 Å². The molecule has 0 radical (unpaired) electrons. The minimum Gasteiger partial charge on any atom is -0.465 e. The van der Waals surface area contributed by atoms with Gasteiger partial charge in [0.1, 0.15) is 11.4 Å². The number of halogens is 2. The topological polar surface area (TPSA) is 42.4 Å². The summed E-state index contributed by atoms with van der Waals surface area (Å²) < 4.78 is 5.17. The van der Waals surface area contributed by atoms with E-state index in [0.717, 1.165) is 36.9 Å². The second kappa shape index (κ2) is 7.98. The number of fused-ring (bicyclic) bond motifs is 1. The Hall–Kier alpha value is -2.30. The van der Waals surface area contributed by atoms with E-state index in [1.165, 1.54) is 13.5 Å². The van der Waals surface area contributed by atoms with Crippen LogP contribution in [0.3, 0.4) is 0 Å². The van der Waals surface area contributed by atoms with Crippen LogP contribution in [-0.4, -0.2) is 31.2 Å². The Bertz CT molecular complexity index is 1050. The van der Waals surface area contributed by atoms with E-state index in [0.29, 0.717) is 32.5 Å². The molecule has 0 spiro atoms. The molecule has 0 saturated carbocycles. The molecule has 1 aliphatic heterocycles. The number of ether oxygens (including phenoxy) is 1. The number of pyridine rings is 1. The van der Waals surface area contributed by atoms with Crippen LogP contribution in [0.4, 0.5) is 5.82 Å². The first-order valence-electron chi connectivity index (χ1n) is 9.32. The van der Waals surface area contributed by atoms with Crippen LogP contribution in [0.1, 0.15) is 29.6 Å². The molecule has 2 aromatic carbocycles. The Morgan fingerprint density at radius 3 is 2.43 bits per heavy atom. The number of hydrogen-bond donors (Lipinski definition) is 0. The van der Waals surface area contributed by atoms with Gasteiger partial charge in [0.15, 0.2) is 0 Å². The van der Waals surface area contributed by atoms with Gasteiger partial charge in [-0.05, 0) is 31.4 Å². The van der Waals surface area contributed by atoms with Gasteiger partial charge in [-0.15, -0.1) is 0 Å². The first-order valence-corrected chi connectivity index (χ1v) is 10.1. The highest BCUT2D eigenvalue weighted by molar-refractivity contribution is 6.37. The summed E-state index contributed by atoms with van der Waals surface area (Å²) in [5.41, 5.74) is 2.57. The Morgan fingerprint density at radius 2 is 1.71 bits per heavy atom. The summed E-state index contributed by atoms with van der Waals surface area (Å²) >= 11 is 13.0. The van der Waals surface area contributed by atoms with Gasteiger partial charge in [-0.3, -0.25) is 0 Å². The maximum atomic E-state index is 12.9. The number of carbonyl (C=O) groups excluding carboxylic acids is 1. The quantitative estimate of drug-likeness (QED) is 0.493. The van der Waals surface area contributed by atoms with Crippen molar-refractivity contribution in [2.24, 2.45) is 0 Å². The number of esters is 1. The lowest BCUT2D eigenvalue weighted by Gasteiger charge is -2.30. The molecule has 0 N–H and O–H groups in total. The number of benzene rings is 2. The zero-order valence-corrected chi connectivity index (χ0v) is 17.1. The largest absolute Gasteiger partial charge is 0.465 e. The number of para-hydroxylation sites is 1. The molecular weight excluding hydrogens is 395 g/mol. The molecule has 1 saturated heterocycles. The predicted molar refractivity (Wildman–Crippen MR) is 115 cm³/mol. The van der Waals surface area contributed by atoms with E-state index in [1.807, 2.05) is 42.5 Å². The number of piperidine rings is 1. The van der Waals surface area contributed by atoms with Crippen LogP contribution in [0.15, 0.2) is 42.5 Å². The third kappa shape index (κ3) is 3.31. The molecule has 4 nitrogen and oxygen atoms in total. The number of aromatic nitrogens is 1. The Kier molecular flexibility index (Phi) is 5.42. The highest BCUT2D eigenvalue weighted by Crippen LogP contribution is 2.41. The molecule has 0 atom stereocenters. The lowest BCUT2D eigenvalue weighted by Crippen LogP contribution is -2.32. The number of methoxy groups -OCH3 is 1. The maximum Gasteiger partial charge on any atom is 0.342 e. The molecule has 0 aliphatic carbocycles. The first kappa shape index (κ1) is 19.0.